The molecule has 0 amide bonds. The van der Waals surface area contributed by atoms with Gasteiger partial charge in [-0.2, -0.15) is 0 Å². The van der Waals surface area contributed by atoms with Crippen molar-refractivity contribution >= 4 is 11.6 Å². The molecule has 19 heavy (non-hydrogen) atoms. The normalized spacial score (nSPS) is 12.4. The molecule has 0 fully saturated rings. The van der Waals surface area contributed by atoms with Gasteiger partial charge < -0.3 is 5.32 Å². The van der Waals surface area contributed by atoms with E-state index < -0.39 is 0 Å². The molecule has 0 spiro atoms. The Morgan fingerprint density at radius 1 is 1.16 bits per heavy atom. The lowest BCUT2D eigenvalue weighted by Crippen LogP contribution is -2.23. The van der Waals surface area contributed by atoms with Crippen LogP contribution in [0.3, 0.4) is 0 Å². The standard InChI is InChI=1S/C16H19ClN2/c1-4-18-16(15-8-7-14(17)10-19-15)13-6-5-11(2)12(3)9-13/h5-10,16,18H,4H2,1-3H3. The van der Waals surface area contributed by atoms with Crippen molar-refractivity contribution in [2.45, 2.75) is 26.8 Å². The van der Waals surface area contributed by atoms with Gasteiger partial charge in [-0.3, -0.25) is 4.98 Å². The van der Waals surface area contributed by atoms with Crippen molar-refractivity contribution in [2.75, 3.05) is 6.54 Å². The molecule has 0 aliphatic heterocycles. The molecule has 1 atom stereocenters. The molecular formula is C16H19ClN2. The molecule has 0 bridgehead atoms. The first-order valence-corrected chi connectivity index (χ1v) is 6.91. The third-order valence-electron chi connectivity index (χ3n) is 3.32. The monoisotopic (exact) mass is 274 g/mol. The van der Waals surface area contributed by atoms with Gasteiger partial charge in [0.05, 0.1) is 16.8 Å². The lowest BCUT2D eigenvalue weighted by Gasteiger charge is -2.19. The van der Waals surface area contributed by atoms with Gasteiger partial charge in [-0.25, -0.2) is 0 Å². The zero-order valence-electron chi connectivity index (χ0n) is 11.6. The minimum absolute atomic E-state index is 0.113. The molecule has 1 unspecified atom stereocenters. The van der Waals surface area contributed by atoms with Crippen LogP contribution in [0.25, 0.3) is 0 Å². The SMILES string of the molecule is CCNC(c1ccc(C)c(C)c1)c1ccc(Cl)cn1. The van der Waals surface area contributed by atoms with Crippen LogP contribution in [0.4, 0.5) is 0 Å². The van der Waals surface area contributed by atoms with E-state index in [2.05, 4.69) is 49.3 Å². The number of aromatic nitrogens is 1. The summed E-state index contributed by atoms with van der Waals surface area (Å²) in [6.45, 7) is 7.25. The van der Waals surface area contributed by atoms with E-state index in [1.165, 1.54) is 16.7 Å². The van der Waals surface area contributed by atoms with Gasteiger partial charge in [0.25, 0.3) is 0 Å². The number of nitrogens with one attached hydrogen (secondary N) is 1. The van der Waals surface area contributed by atoms with Crippen molar-refractivity contribution in [1.29, 1.82) is 0 Å². The molecule has 3 heteroatoms. The average Bonchev–Trinajstić information content (AvgIpc) is 2.41. The van der Waals surface area contributed by atoms with Gasteiger partial charge in [0.1, 0.15) is 0 Å². The van der Waals surface area contributed by atoms with Crippen molar-refractivity contribution in [3.8, 4) is 0 Å². The first kappa shape index (κ1) is 14.0. The number of pyridine rings is 1. The Morgan fingerprint density at radius 2 is 1.95 bits per heavy atom. The van der Waals surface area contributed by atoms with Crippen molar-refractivity contribution in [1.82, 2.24) is 10.3 Å². The van der Waals surface area contributed by atoms with E-state index in [9.17, 15) is 0 Å². The first-order chi connectivity index (χ1) is 9.11. The number of aryl methyl sites for hydroxylation is 2. The molecule has 0 saturated carbocycles. The molecule has 1 aromatic heterocycles. The van der Waals surface area contributed by atoms with E-state index in [1.807, 2.05) is 12.1 Å². The van der Waals surface area contributed by atoms with Crippen LogP contribution in [-0.4, -0.2) is 11.5 Å². The number of halogens is 1. The third-order valence-corrected chi connectivity index (χ3v) is 3.54. The van der Waals surface area contributed by atoms with E-state index >= 15 is 0 Å². The summed E-state index contributed by atoms with van der Waals surface area (Å²) in [5.74, 6) is 0. The Kier molecular flexibility index (Phi) is 4.56. The summed E-state index contributed by atoms with van der Waals surface area (Å²) in [4.78, 5) is 4.43. The highest BCUT2D eigenvalue weighted by molar-refractivity contribution is 6.30. The summed E-state index contributed by atoms with van der Waals surface area (Å²) < 4.78 is 0. The fraction of sp³-hybridized carbons (Fsp3) is 0.312. The summed E-state index contributed by atoms with van der Waals surface area (Å²) in [6, 6.07) is 10.5. The summed E-state index contributed by atoms with van der Waals surface area (Å²) in [7, 11) is 0. The smallest absolute Gasteiger partial charge is 0.0751 e. The Bertz CT molecular complexity index is 549. The first-order valence-electron chi connectivity index (χ1n) is 6.53. The maximum Gasteiger partial charge on any atom is 0.0751 e. The Labute approximate surface area is 119 Å². The zero-order chi connectivity index (χ0) is 13.8. The van der Waals surface area contributed by atoms with E-state index in [4.69, 9.17) is 11.6 Å². The molecule has 2 nitrogen and oxygen atoms in total. The Balaban J connectivity index is 2.38. The molecule has 1 aromatic carbocycles. The third kappa shape index (κ3) is 3.34. The van der Waals surface area contributed by atoms with Crippen molar-refractivity contribution < 1.29 is 0 Å². The lowest BCUT2D eigenvalue weighted by atomic mass is 9.98. The van der Waals surface area contributed by atoms with E-state index in [-0.39, 0.29) is 6.04 Å². The fourth-order valence-corrected chi connectivity index (χ4v) is 2.21. The second-order valence-electron chi connectivity index (χ2n) is 4.74. The molecule has 0 aliphatic carbocycles. The number of hydrogen-bond donors (Lipinski definition) is 1. The van der Waals surface area contributed by atoms with Gasteiger partial charge >= 0.3 is 0 Å². The van der Waals surface area contributed by atoms with Crippen molar-refractivity contribution in [2.24, 2.45) is 0 Å². The van der Waals surface area contributed by atoms with Crippen LogP contribution < -0.4 is 5.32 Å². The highest BCUT2D eigenvalue weighted by Gasteiger charge is 2.14. The molecule has 0 saturated heterocycles. The van der Waals surface area contributed by atoms with Gasteiger partial charge in [0.15, 0.2) is 0 Å². The molecule has 1 heterocycles. The quantitative estimate of drug-likeness (QED) is 0.910. The highest BCUT2D eigenvalue weighted by Crippen LogP contribution is 2.23. The van der Waals surface area contributed by atoms with Crippen LogP contribution in [0.15, 0.2) is 36.5 Å². The average molecular weight is 275 g/mol. The number of benzene rings is 1. The predicted molar refractivity (Wildman–Crippen MR) is 80.7 cm³/mol. The van der Waals surface area contributed by atoms with Crippen LogP contribution in [-0.2, 0) is 0 Å². The summed E-state index contributed by atoms with van der Waals surface area (Å²) in [5, 5.41) is 4.14. The second kappa shape index (κ2) is 6.18. The van der Waals surface area contributed by atoms with E-state index in [0.717, 1.165) is 12.2 Å². The van der Waals surface area contributed by atoms with Gasteiger partial charge in [0.2, 0.25) is 0 Å². The van der Waals surface area contributed by atoms with Crippen LogP contribution >= 0.6 is 11.6 Å². The zero-order valence-corrected chi connectivity index (χ0v) is 12.3. The van der Waals surface area contributed by atoms with Crippen molar-refractivity contribution in [3.63, 3.8) is 0 Å². The number of nitrogens with zero attached hydrogens (tertiary/aromatic N) is 1. The topological polar surface area (TPSA) is 24.9 Å². The predicted octanol–water partition coefficient (Wildman–Crippen LogP) is 4.05. The summed E-state index contributed by atoms with van der Waals surface area (Å²) in [6.07, 6.45) is 1.70. The van der Waals surface area contributed by atoms with Crippen LogP contribution in [0.5, 0.6) is 0 Å². The van der Waals surface area contributed by atoms with Crippen LogP contribution in [0, 0.1) is 13.8 Å². The van der Waals surface area contributed by atoms with Gasteiger partial charge in [-0.1, -0.05) is 36.7 Å². The largest absolute Gasteiger partial charge is 0.305 e. The molecule has 2 aromatic rings. The van der Waals surface area contributed by atoms with E-state index in [0.29, 0.717) is 5.02 Å². The van der Waals surface area contributed by atoms with Gasteiger partial charge in [0, 0.05) is 6.20 Å². The molecule has 1 N–H and O–H groups in total. The van der Waals surface area contributed by atoms with Gasteiger partial charge in [-0.05, 0) is 49.2 Å². The second-order valence-corrected chi connectivity index (χ2v) is 5.17. The minimum atomic E-state index is 0.113. The Morgan fingerprint density at radius 3 is 2.53 bits per heavy atom. The molecule has 0 radical (unpaired) electrons. The number of hydrogen-bond acceptors (Lipinski definition) is 2. The molecule has 0 aliphatic rings. The Hall–Kier alpha value is -1.38. The fourth-order valence-electron chi connectivity index (χ4n) is 2.10. The summed E-state index contributed by atoms with van der Waals surface area (Å²) >= 11 is 5.90. The summed E-state index contributed by atoms with van der Waals surface area (Å²) in [5.41, 5.74) is 4.84. The van der Waals surface area contributed by atoms with Crippen LogP contribution in [0.1, 0.15) is 35.3 Å². The van der Waals surface area contributed by atoms with Gasteiger partial charge in [-0.15, -0.1) is 0 Å². The van der Waals surface area contributed by atoms with Crippen molar-refractivity contribution in [3.05, 3.63) is 63.9 Å². The van der Waals surface area contributed by atoms with Crippen LogP contribution in [0.2, 0.25) is 5.02 Å². The molecule has 2 rings (SSSR count). The molecular weight excluding hydrogens is 256 g/mol. The molecule has 100 valence electrons. The maximum atomic E-state index is 5.90. The minimum Gasteiger partial charge on any atom is -0.305 e. The highest BCUT2D eigenvalue weighted by atomic mass is 35.5. The number of rotatable bonds is 4. The lowest BCUT2D eigenvalue weighted by molar-refractivity contribution is 0.615. The van der Waals surface area contributed by atoms with E-state index in [1.54, 1.807) is 6.20 Å². The maximum absolute atomic E-state index is 5.90.